The van der Waals surface area contributed by atoms with Crippen LogP contribution >= 0.6 is 11.6 Å². The minimum absolute atomic E-state index is 0.0973. The Hall–Kier alpha value is -2.14. The van der Waals surface area contributed by atoms with E-state index in [0.717, 1.165) is 51.0 Å². The molecular weight excluding hydrogens is 450 g/mol. The van der Waals surface area contributed by atoms with Crippen molar-refractivity contribution in [2.75, 3.05) is 42.2 Å². The normalized spacial score (nSPS) is 21.2. The zero-order valence-corrected chi connectivity index (χ0v) is 19.8. The summed E-state index contributed by atoms with van der Waals surface area (Å²) in [7, 11) is -0.507. The van der Waals surface area contributed by atoms with Crippen molar-refractivity contribution in [2.24, 2.45) is 5.92 Å². The summed E-state index contributed by atoms with van der Waals surface area (Å²) in [6.07, 6.45) is 5.66. The van der Waals surface area contributed by atoms with Gasteiger partial charge in [-0.05, 0) is 36.5 Å². The van der Waals surface area contributed by atoms with Crippen LogP contribution in [0.5, 0.6) is 0 Å². The summed E-state index contributed by atoms with van der Waals surface area (Å²) in [5, 5.41) is 10.6. The van der Waals surface area contributed by atoms with E-state index in [0.29, 0.717) is 23.3 Å². The maximum absolute atomic E-state index is 11.0. The Morgan fingerprint density at radius 3 is 2.97 bits per heavy atom. The Morgan fingerprint density at radius 1 is 1.28 bits per heavy atom. The third kappa shape index (κ3) is 5.80. The van der Waals surface area contributed by atoms with E-state index in [9.17, 15) is 8.42 Å². The lowest BCUT2D eigenvalue weighted by Crippen LogP contribution is -2.38. The number of hydrogen-bond acceptors (Lipinski definition) is 8. The highest BCUT2D eigenvalue weighted by Gasteiger charge is 2.26. The molecule has 0 unspecified atom stereocenters. The fourth-order valence-corrected chi connectivity index (χ4v) is 4.93. The van der Waals surface area contributed by atoms with Gasteiger partial charge >= 0.3 is 0 Å². The molecule has 9 nitrogen and oxygen atoms in total. The molecule has 1 aromatic heterocycles. The minimum atomic E-state index is -2.60. The third-order valence-electron chi connectivity index (χ3n) is 6.15. The van der Waals surface area contributed by atoms with Crippen LogP contribution in [0.15, 0.2) is 24.4 Å². The number of rotatable bonds is 7. The SMILES string of the molecule is CN1CCNCc2ccc(Nc3ncc(Cl)c(N[C@@H]4CCCC[C@@H]4CN[SH](=O)=O)n3)cc21. The van der Waals surface area contributed by atoms with E-state index < -0.39 is 10.9 Å². The summed E-state index contributed by atoms with van der Waals surface area (Å²) in [6.45, 7) is 3.16. The van der Waals surface area contributed by atoms with Crippen molar-refractivity contribution in [3.05, 3.63) is 35.0 Å². The highest BCUT2D eigenvalue weighted by Crippen LogP contribution is 2.30. The Balaban J connectivity index is 1.49. The van der Waals surface area contributed by atoms with Crippen LogP contribution in [-0.4, -0.2) is 51.1 Å². The first-order valence-corrected chi connectivity index (χ1v) is 12.5. The number of benzene rings is 1. The maximum atomic E-state index is 11.0. The van der Waals surface area contributed by atoms with Crippen molar-refractivity contribution in [1.82, 2.24) is 20.0 Å². The van der Waals surface area contributed by atoms with Gasteiger partial charge in [-0.15, -0.1) is 0 Å². The molecule has 1 aliphatic heterocycles. The van der Waals surface area contributed by atoms with E-state index in [1.54, 1.807) is 6.20 Å². The van der Waals surface area contributed by atoms with Gasteiger partial charge in [0.05, 0.1) is 6.20 Å². The van der Waals surface area contributed by atoms with Gasteiger partial charge in [0.1, 0.15) is 5.02 Å². The molecule has 1 fully saturated rings. The molecule has 4 N–H and O–H groups in total. The molecule has 0 bridgehead atoms. The first-order chi connectivity index (χ1) is 15.5. The average Bonchev–Trinajstić information content (AvgIpc) is 2.96. The molecule has 0 spiro atoms. The van der Waals surface area contributed by atoms with E-state index in [4.69, 9.17) is 11.6 Å². The van der Waals surface area contributed by atoms with Gasteiger partial charge in [0.15, 0.2) is 5.82 Å². The van der Waals surface area contributed by atoms with Gasteiger partial charge in [0, 0.05) is 50.6 Å². The monoisotopic (exact) mass is 479 g/mol. The standard InChI is InChI=1S/C21H30ClN7O2S/c1-29-9-8-23-11-15-6-7-16(10-19(15)29)26-21-24-13-17(22)20(28-21)27-18-5-3-2-4-14(18)12-25-32(30)31/h6-7,10,13-14,18,23,32H,2-5,8-9,11-12H2,1H3,(H,25,30,31)(H2,24,26,27,28)/t14-,18-/m1/s1. The van der Waals surface area contributed by atoms with Crippen molar-refractivity contribution >= 4 is 45.6 Å². The molecule has 174 valence electrons. The van der Waals surface area contributed by atoms with E-state index >= 15 is 0 Å². The average molecular weight is 480 g/mol. The molecule has 0 amide bonds. The molecule has 2 aromatic rings. The highest BCUT2D eigenvalue weighted by molar-refractivity contribution is 7.70. The molecule has 2 aliphatic rings. The second-order valence-electron chi connectivity index (χ2n) is 8.37. The van der Waals surface area contributed by atoms with Crippen LogP contribution in [0.1, 0.15) is 31.2 Å². The van der Waals surface area contributed by atoms with E-state index in [1.165, 1.54) is 11.3 Å². The first kappa shape index (κ1) is 23.0. The van der Waals surface area contributed by atoms with Crippen molar-refractivity contribution in [3.8, 4) is 0 Å². The molecule has 0 radical (unpaired) electrons. The minimum Gasteiger partial charge on any atom is -0.373 e. The van der Waals surface area contributed by atoms with Crippen molar-refractivity contribution < 1.29 is 8.42 Å². The van der Waals surface area contributed by atoms with E-state index in [-0.39, 0.29) is 12.0 Å². The number of halogens is 1. The number of nitrogens with one attached hydrogen (secondary N) is 4. The Bertz CT molecular complexity index is 1010. The lowest BCUT2D eigenvalue weighted by atomic mass is 9.84. The molecule has 1 saturated carbocycles. The summed E-state index contributed by atoms with van der Waals surface area (Å²) < 4.78 is 24.5. The number of hydrogen-bond donors (Lipinski definition) is 5. The van der Waals surface area contributed by atoms with Crippen molar-refractivity contribution in [3.63, 3.8) is 0 Å². The van der Waals surface area contributed by atoms with Gasteiger partial charge < -0.3 is 20.9 Å². The van der Waals surface area contributed by atoms with Crippen LogP contribution in [0, 0.1) is 5.92 Å². The molecule has 1 aliphatic carbocycles. The molecule has 1 aromatic carbocycles. The second-order valence-corrected chi connectivity index (χ2v) is 9.61. The van der Waals surface area contributed by atoms with Crippen LogP contribution in [-0.2, 0) is 17.4 Å². The Labute approximate surface area is 195 Å². The van der Waals surface area contributed by atoms with E-state index in [2.05, 4.69) is 54.7 Å². The van der Waals surface area contributed by atoms with Gasteiger partial charge in [-0.25, -0.2) is 18.1 Å². The van der Waals surface area contributed by atoms with Crippen LogP contribution in [0.25, 0.3) is 0 Å². The summed E-state index contributed by atoms with van der Waals surface area (Å²) >= 11 is 6.38. The largest absolute Gasteiger partial charge is 0.373 e. The summed E-state index contributed by atoms with van der Waals surface area (Å²) in [4.78, 5) is 11.2. The van der Waals surface area contributed by atoms with Crippen LogP contribution in [0.3, 0.4) is 0 Å². The fraction of sp³-hybridized carbons (Fsp3) is 0.524. The number of aromatic nitrogens is 2. The quantitative estimate of drug-likeness (QED) is 0.385. The molecule has 2 atom stereocenters. The number of anilines is 4. The van der Waals surface area contributed by atoms with E-state index in [1.807, 2.05) is 6.07 Å². The number of fused-ring (bicyclic) bond motifs is 1. The smallest absolute Gasteiger partial charge is 0.229 e. The predicted molar refractivity (Wildman–Crippen MR) is 129 cm³/mol. The van der Waals surface area contributed by atoms with Crippen LogP contribution in [0.4, 0.5) is 23.1 Å². The van der Waals surface area contributed by atoms with Crippen LogP contribution in [0.2, 0.25) is 5.02 Å². The fourth-order valence-electron chi connectivity index (χ4n) is 4.40. The van der Waals surface area contributed by atoms with Gasteiger partial charge in [-0.3, -0.25) is 0 Å². The predicted octanol–water partition coefficient (Wildman–Crippen LogP) is 2.50. The molecule has 4 rings (SSSR count). The van der Waals surface area contributed by atoms with Gasteiger partial charge in [-0.2, -0.15) is 4.98 Å². The molecule has 32 heavy (non-hydrogen) atoms. The van der Waals surface area contributed by atoms with Crippen LogP contribution < -0.4 is 25.6 Å². The summed E-state index contributed by atoms with van der Waals surface area (Å²) in [6, 6.07) is 6.35. The topological polar surface area (TPSA) is 111 Å². The maximum Gasteiger partial charge on any atom is 0.229 e. The zero-order valence-electron chi connectivity index (χ0n) is 18.1. The first-order valence-electron chi connectivity index (χ1n) is 11.0. The molecular formula is C21H30ClN7O2S. The number of likely N-dealkylation sites (N-methyl/N-ethyl adjacent to an activating group) is 1. The molecule has 0 saturated heterocycles. The molecule has 2 heterocycles. The summed E-state index contributed by atoms with van der Waals surface area (Å²) in [5.74, 6) is 1.20. The highest BCUT2D eigenvalue weighted by atomic mass is 35.5. The van der Waals surface area contributed by atoms with Gasteiger partial charge in [0.2, 0.25) is 16.8 Å². The van der Waals surface area contributed by atoms with Gasteiger partial charge in [0.25, 0.3) is 0 Å². The zero-order chi connectivity index (χ0) is 22.5. The van der Waals surface area contributed by atoms with Crippen molar-refractivity contribution in [2.45, 2.75) is 38.3 Å². The Kier molecular flexibility index (Phi) is 7.67. The van der Waals surface area contributed by atoms with Gasteiger partial charge in [-0.1, -0.05) is 30.5 Å². The van der Waals surface area contributed by atoms with Crippen molar-refractivity contribution in [1.29, 1.82) is 0 Å². The summed E-state index contributed by atoms with van der Waals surface area (Å²) in [5.41, 5.74) is 3.35. The molecule has 11 heteroatoms. The second kappa shape index (κ2) is 10.7. The lowest BCUT2D eigenvalue weighted by molar-refractivity contribution is 0.325. The Morgan fingerprint density at radius 2 is 2.12 bits per heavy atom. The number of nitrogens with zero attached hydrogens (tertiary/aromatic N) is 3. The lowest BCUT2D eigenvalue weighted by Gasteiger charge is -2.32. The third-order valence-corrected chi connectivity index (χ3v) is 6.87. The number of thiol groups is 1.